The van der Waals surface area contributed by atoms with Crippen LogP contribution < -0.4 is 0 Å². The maximum atomic E-state index is 13.5. The van der Waals surface area contributed by atoms with Crippen molar-refractivity contribution >= 4 is 6.29 Å². The Hall–Kier alpha value is -2.93. The van der Waals surface area contributed by atoms with E-state index in [1.165, 1.54) is 22.9 Å². The van der Waals surface area contributed by atoms with Crippen LogP contribution in [0, 0.1) is 0 Å². The molecule has 0 unspecified atom stereocenters. The highest BCUT2D eigenvalue weighted by Crippen LogP contribution is 2.30. The van der Waals surface area contributed by atoms with Gasteiger partial charge in [-0.1, -0.05) is 50.2 Å². The Bertz CT molecular complexity index is 862. The van der Waals surface area contributed by atoms with Crippen molar-refractivity contribution in [2.24, 2.45) is 0 Å². The topological polar surface area (TPSA) is 55.1 Å². The molecule has 2 aromatic carbocycles. The molecule has 0 atom stereocenters. The molecule has 1 N–H and O–H groups in total. The average molecular weight is 392 g/mol. The van der Waals surface area contributed by atoms with Crippen molar-refractivity contribution < 1.29 is 23.1 Å². The normalized spacial score (nSPS) is 10.2. The van der Waals surface area contributed by atoms with Crippen LogP contribution in [0.15, 0.2) is 60.9 Å². The van der Waals surface area contributed by atoms with Crippen molar-refractivity contribution in [2.75, 3.05) is 13.8 Å². The molecule has 3 aromatic rings. The third kappa shape index (κ3) is 5.53. The van der Waals surface area contributed by atoms with Gasteiger partial charge in [0.05, 0.1) is 11.9 Å². The van der Waals surface area contributed by atoms with Crippen LogP contribution in [-0.4, -0.2) is 35.0 Å². The third-order valence-electron chi connectivity index (χ3n) is 3.66. The Morgan fingerprint density at radius 1 is 1.07 bits per heavy atom. The summed E-state index contributed by atoms with van der Waals surface area (Å²) in [6, 6.07) is 12.4. The zero-order chi connectivity index (χ0) is 21.2. The van der Waals surface area contributed by atoms with Crippen molar-refractivity contribution in [1.29, 1.82) is 0 Å². The van der Waals surface area contributed by atoms with Crippen LogP contribution in [0.1, 0.15) is 29.8 Å². The van der Waals surface area contributed by atoms with Crippen molar-refractivity contribution in [3.8, 4) is 16.8 Å². The molecule has 1 aromatic heterocycles. The molecule has 150 valence electrons. The fourth-order valence-corrected chi connectivity index (χ4v) is 2.32. The van der Waals surface area contributed by atoms with Crippen LogP contribution >= 0.6 is 0 Å². The van der Waals surface area contributed by atoms with Crippen LogP contribution in [0.3, 0.4) is 0 Å². The third-order valence-corrected chi connectivity index (χ3v) is 3.66. The molecule has 0 aliphatic rings. The molecule has 0 saturated carbocycles. The zero-order valence-electron chi connectivity index (χ0n) is 15.9. The molecule has 0 amide bonds. The molecular formula is C21H23F3N2O2. The molecule has 0 saturated heterocycles. The second-order valence-electron chi connectivity index (χ2n) is 5.30. The molecule has 0 aliphatic heterocycles. The first kappa shape index (κ1) is 23.1. The quantitative estimate of drug-likeness (QED) is 0.619. The van der Waals surface area contributed by atoms with Gasteiger partial charge in [-0.2, -0.15) is 13.9 Å². The van der Waals surface area contributed by atoms with Crippen molar-refractivity contribution in [1.82, 2.24) is 9.78 Å². The summed E-state index contributed by atoms with van der Waals surface area (Å²) in [6.45, 7) is 2.25. The first-order valence-corrected chi connectivity index (χ1v) is 8.63. The minimum absolute atomic E-state index is 0.394. The van der Waals surface area contributed by atoms with E-state index in [1.54, 1.807) is 42.7 Å². The van der Waals surface area contributed by atoms with E-state index in [0.717, 1.165) is 24.5 Å². The van der Waals surface area contributed by atoms with Crippen LogP contribution in [-0.2, 0) is 5.92 Å². The average Bonchev–Trinajstić information content (AvgIpc) is 3.27. The Labute approximate surface area is 162 Å². The van der Waals surface area contributed by atoms with Gasteiger partial charge in [-0.05, 0) is 17.7 Å². The summed E-state index contributed by atoms with van der Waals surface area (Å²) in [4.78, 5) is 10.7. The van der Waals surface area contributed by atoms with Crippen LogP contribution in [0.5, 0.6) is 0 Å². The van der Waals surface area contributed by atoms with Crippen LogP contribution in [0.2, 0.25) is 0 Å². The molecule has 1 heterocycles. The van der Waals surface area contributed by atoms with Gasteiger partial charge in [0.2, 0.25) is 0 Å². The lowest BCUT2D eigenvalue weighted by molar-refractivity contribution is -0.0280. The predicted octanol–water partition coefficient (Wildman–Crippen LogP) is 5.05. The van der Waals surface area contributed by atoms with E-state index < -0.39 is 18.2 Å². The number of hydrogen-bond acceptors (Lipinski definition) is 3. The van der Waals surface area contributed by atoms with Gasteiger partial charge in [0.25, 0.3) is 0 Å². The summed E-state index contributed by atoms with van der Waals surface area (Å²) < 4.78 is 40.9. The summed E-state index contributed by atoms with van der Waals surface area (Å²) in [6.07, 6.45) is 4.03. The highest BCUT2D eigenvalue weighted by molar-refractivity contribution is 5.76. The van der Waals surface area contributed by atoms with E-state index in [4.69, 9.17) is 5.11 Å². The molecule has 0 radical (unpaired) electrons. The van der Waals surface area contributed by atoms with E-state index in [9.17, 15) is 18.0 Å². The Morgan fingerprint density at radius 2 is 1.71 bits per heavy atom. The van der Waals surface area contributed by atoms with E-state index in [-0.39, 0.29) is 0 Å². The number of carbonyl (C=O) groups excluding carboxylic acids is 1. The summed E-state index contributed by atoms with van der Waals surface area (Å²) >= 11 is 0. The predicted molar refractivity (Wildman–Crippen MR) is 104 cm³/mol. The van der Waals surface area contributed by atoms with Gasteiger partial charge >= 0.3 is 5.92 Å². The Balaban J connectivity index is 0.000000921. The van der Waals surface area contributed by atoms with Crippen LogP contribution in [0.25, 0.3) is 16.8 Å². The smallest absolute Gasteiger partial charge is 0.301 e. The number of aliphatic hydroxyl groups is 1. The number of alkyl halides is 3. The SMILES string of the molecule is CC.CO.O=Cc1ccc(-c2cnn(-c3cccc(C(F)(F)CF)c3)c2)cc1. The van der Waals surface area contributed by atoms with Gasteiger partial charge in [-0.25, -0.2) is 9.07 Å². The molecule has 0 spiro atoms. The van der Waals surface area contributed by atoms with Gasteiger partial charge in [0, 0.05) is 30.0 Å². The Kier molecular flexibility index (Phi) is 9.11. The molecular weight excluding hydrogens is 369 g/mol. The molecule has 0 bridgehead atoms. The van der Waals surface area contributed by atoms with Gasteiger partial charge in [-0.15, -0.1) is 0 Å². The minimum Gasteiger partial charge on any atom is -0.400 e. The number of benzene rings is 2. The molecule has 0 aliphatic carbocycles. The molecule has 28 heavy (non-hydrogen) atoms. The highest BCUT2D eigenvalue weighted by Gasteiger charge is 2.31. The standard InChI is InChI=1S/C18H13F3N2O.C2H6.CH4O/c19-12-18(20,21)16-2-1-3-17(8-16)23-10-15(9-22-23)14-6-4-13(11-24)5-7-14;2*1-2/h1-11H,12H2;1-2H3;2H,1H3. The van der Waals surface area contributed by atoms with Crippen molar-refractivity contribution in [2.45, 2.75) is 19.8 Å². The summed E-state index contributed by atoms with van der Waals surface area (Å²) in [5.41, 5.74) is 2.20. The first-order chi connectivity index (χ1) is 13.5. The van der Waals surface area contributed by atoms with Crippen molar-refractivity contribution in [3.63, 3.8) is 0 Å². The van der Waals surface area contributed by atoms with E-state index in [2.05, 4.69) is 5.10 Å². The summed E-state index contributed by atoms with van der Waals surface area (Å²) in [7, 11) is 1.00. The lowest BCUT2D eigenvalue weighted by Crippen LogP contribution is -2.16. The number of aliphatic hydroxyl groups excluding tert-OH is 1. The van der Waals surface area contributed by atoms with Gasteiger partial charge in [-0.3, -0.25) is 4.79 Å². The largest absolute Gasteiger partial charge is 0.400 e. The first-order valence-electron chi connectivity index (χ1n) is 8.63. The number of aldehydes is 1. The van der Waals surface area contributed by atoms with Gasteiger partial charge in [0.1, 0.15) is 6.29 Å². The van der Waals surface area contributed by atoms with E-state index in [1.807, 2.05) is 13.8 Å². The van der Waals surface area contributed by atoms with Crippen molar-refractivity contribution in [3.05, 3.63) is 72.1 Å². The number of hydrogen-bond donors (Lipinski definition) is 1. The fourth-order valence-electron chi connectivity index (χ4n) is 2.32. The van der Waals surface area contributed by atoms with Gasteiger partial charge < -0.3 is 5.11 Å². The minimum atomic E-state index is -3.52. The summed E-state index contributed by atoms with van der Waals surface area (Å²) in [5.74, 6) is -3.52. The fraction of sp³-hybridized carbons (Fsp3) is 0.238. The Morgan fingerprint density at radius 3 is 2.29 bits per heavy atom. The number of aromatic nitrogens is 2. The summed E-state index contributed by atoms with van der Waals surface area (Å²) in [5, 5.41) is 11.2. The highest BCUT2D eigenvalue weighted by atomic mass is 19.3. The van der Waals surface area contributed by atoms with Crippen LogP contribution in [0.4, 0.5) is 13.2 Å². The number of halogens is 3. The molecule has 3 rings (SSSR count). The molecule has 4 nitrogen and oxygen atoms in total. The number of nitrogens with zero attached hydrogens (tertiary/aromatic N) is 2. The maximum Gasteiger partial charge on any atom is 0.301 e. The second kappa shape index (κ2) is 11.0. The number of rotatable bonds is 5. The number of carbonyl (C=O) groups is 1. The van der Waals surface area contributed by atoms with Gasteiger partial charge in [0.15, 0.2) is 6.67 Å². The lowest BCUT2D eigenvalue weighted by Gasteiger charge is -2.13. The second-order valence-corrected chi connectivity index (χ2v) is 5.30. The lowest BCUT2D eigenvalue weighted by atomic mass is 10.1. The molecule has 0 fully saturated rings. The molecule has 7 heteroatoms. The zero-order valence-corrected chi connectivity index (χ0v) is 15.9. The van der Waals surface area contributed by atoms with E-state index in [0.29, 0.717) is 11.3 Å². The van der Waals surface area contributed by atoms with E-state index >= 15 is 0 Å². The maximum absolute atomic E-state index is 13.5. The monoisotopic (exact) mass is 392 g/mol.